The highest BCUT2D eigenvalue weighted by molar-refractivity contribution is 6.03. The van der Waals surface area contributed by atoms with Crippen molar-refractivity contribution in [1.29, 1.82) is 0 Å². The van der Waals surface area contributed by atoms with E-state index >= 15 is 0 Å². The summed E-state index contributed by atoms with van der Waals surface area (Å²) in [6.07, 6.45) is 0. The molecule has 1 aromatic heterocycles. The average Bonchev–Trinajstić information content (AvgIpc) is 3.33. The highest BCUT2D eigenvalue weighted by Crippen LogP contribution is 2.25. The van der Waals surface area contributed by atoms with Crippen LogP contribution in [0.1, 0.15) is 10.4 Å². The zero-order valence-electron chi connectivity index (χ0n) is 18.2. The van der Waals surface area contributed by atoms with Crippen LogP contribution < -0.4 is 4.90 Å². The second-order valence-corrected chi connectivity index (χ2v) is 7.66. The van der Waals surface area contributed by atoms with E-state index in [9.17, 15) is 9.59 Å². The zero-order valence-corrected chi connectivity index (χ0v) is 18.2. The second kappa shape index (κ2) is 9.42. The molecule has 4 aromatic carbocycles. The molecule has 5 rings (SSSR count). The van der Waals surface area contributed by atoms with Gasteiger partial charge in [0.05, 0.1) is 16.6 Å². The normalized spacial score (nSPS) is 10.7. The van der Waals surface area contributed by atoms with E-state index in [-0.39, 0.29) is 12.5 Å². The Hall–Kier alpha value is -4.71. The standard InChI is InChI=1S/C28H21N3O3/c32-26(31(22-12-6-2-7-13-22)23-14-8-3-9-15-23)19-34-28(33)21-16-17-24-25(18-21)30-27(29-24)20-10-4-1-5-11-20/h1-18H,19H2,(H,29,30). The lowest BCUT2D eigenvalue weighted by molar-refractivity contribution is -0.120. The number of hydrogen-bond donors (Lipinski definition) is 1. The van der Waals surface area contributed by atoms with E-state index < -0.39 is 5.97 Å². The maximum absolute atomic E-state index is 13.1. The molecule has 0 unspecified atom stereocenters. The van der Waals surface area contributed by atoms with Crippen molar-refractivity contribution in [2.24, 2.45) is 0 Å². The lowest BCUT2D eigenvalue weighted by Gasteiger charge is -2.22. The molecule has 5 aromatic rings. The minimum absolute atomic E-state index is 0.342. The summed E-state index contributed by atoms with van der Waals surface area (Å²) in [5.41, 5.74) is 4.15. The number of nitrogens with zero attached hydrogens (tertiary/aromatic N) is 2. The summed E-state index contributed by atoms with van der Waals surface area (Å²) in [7, 11) is 0. The van der Waals surface area contributed by atoms with E-state index in [1.807, 2.05) is 91.0 Å². The molecule has 0 aliphatic carbocycles. The van der Waals surface area contributed by atoms with Gasteiger partial charge in [-0.05, 0) is 42.5 Å². The minimum atomic E-state index is -0.577. The van der Waals surface area contributed by atoms with Gasteiger partial charge in [-0.15, -0.1) is 0 Å². The Morgan fingerprint density at radius 1 is 0.765 bits per heavy atom. The lowest BCUT2D eigenvalue weighted by Crippen LogP contribution is -2.30. The molecule has 0 aliphatic heterocycles. The molecule has 0 aliphatic rings. The number of imidazole rings is 1. The van der Waals surface area contributed by atoms with Gasteiger partial charge in [-0.2, -0.15) is 0 Å². The molecule has 6 heteroatoms. The molecule has 1 heterocycles. The fourth-order valence-corrected chi connectivity index (χ4v) is 3.74. The van der Waals surface area contributed by atoms with Crippen LogP contribution in [0.5, 0.6) is 0 Å². The Morgan fingerprint density at radius 2 is 1.35 bits per heavy atom. The largest absolute Gasteiger partial charge is 0.452 e. The number of carbonyl (C=O) groups is 2. The first-order valence-corrected chi connectivity index (χ1v) is 10.8. The molecule has 166 valence electrons. The van der Waals surface area contributed by atoms with Gasteiger partial charge >= 0.3 is 5.97 Å². The van der Waals surface area contributed by atoms with E-state index in [4.69, 9.17) is 4.74 Å². The summed E-state index contributed by atoms with van der Waals surface area (Å²) in [6.45, 7) is -0.390. The van der Waals surface area contributed by atoms with Crippen LogP contribution in [-0.2, 0) is 9.53 Å². The van der Waals surface area contributed by atoms with E-state index in [0.717, 1.165) is 22.4 Å². The van der Waals surface area contributed by atoms with Crippen molar-refractivity contribution in [3.8, 4) is 11.4 Å². The summed E-state index contributed by atoms with van der Waals surface area (Å²) in [6, 6.07) is 33.4. The van der Waals surface area contributed by atoms with Crippen LogP contribution in [0.15, 0.2) is 109 Å². The fraction of sp³-hybridized carbons (Fsp3) is 0.0357. The van der Waals surface area contributed by atoms with Gasteiger partial charge in [0.15, 0.2) is 6.61 Å². The third kappa shape index (κ3) is 4.42. The Morgan fingerprint density at radius 3 is 1.97 bits per heavy atom. The van der Waals surface area contributed by atoms with Crippen LogP contribution >= 0.6 is 0 Å². The van der Waals surface area contributed by atoms with Gasteiger partial charge in [0.25, 0.3) is 5.91 Å². The zero-order chi connectivity index (χ0) is 23.3. The van der Waals surface area contributed by atoms with Crippen molar-refractivity contribution < 1.29 is 14.3 Å². The van der Waals surface area contributed by atoms with Gasteiger partial charge in [0.2, 0.25) is 0 Å². The van der Waals surface area contributed by atoms with Crippen LogP contribution in [0.25, 0.3) is 22.4 Å². The number of anilines is 2. The highest BCUT2D eigenvalue weighted by Gasteiger charge is 2.20. The molecule has 0 atom stereocenters. The molecule has 0 saturated carbocycles. The number of ether oxygens (including phenoxy) is 1. The molecule has 0 radical (unpaired) electrons. The smallest absolute Gasteiger partial charge is 0.338 e. The number of hydrogen-bond acceptors (Lipinski definition) is 4. The number of fused-ring (bicyclic) bond motifs is 1. The molecule has 0 fully saturated rings. The number of rotatable bonds is 6. The number of para-hydroxylation sites is 2. The molecule has 1 N–H and O–H groups in total. The molecule has 0 saturated heterocycles. The third-order valence-corrected chi connectivity index (χ3v) is 5.37. The van der Waals surface area contributed by atoms with Crippen molar-refractivity contribution in [1.82, 2.24) is 9.97 Å². The van der Waals surface area contributed by atoms with Crippen molar-refractivity contribution in [2.45, 2.75) is 0 Å². The summed E-state index contributed by atoms with van der Waals surface area (Å²) in [4.78, 5) is 35.2. The van der Waals surface area contributed by atoms with Gasteiger partial charge in [-0.3, -0.25) is 9.69 Å². The van der Waals surface area contributed by atoms with Gasteiger partial charge in [-0.1, -0.05) is 66.7 Å². The van der Waals surface area contributed by atoms with E-state index in [0.29, 0.717) is 16.9 Å². The van der Waals surface area contributed by atoms with Crippen molar-refractivity contribution in [3.63, 3.8) is 0 Å². The molecule has 6 nitrogen and oxygen atoms in total. The van der Waals surface area contributed by atoms with Gasteiger partial charge < -0.3 is 9.72 Å². The Kier molecular flexibility index (Phi) is 5.86. The number of aromatic amines is 1. The summed E-state index contributed by atoms with van der Waals surface area (Å²) in [5, 5.41) is 0. The maximum Gasteiger partial charge on any atom is 0.338 e. The second-order valence-electron chi connectivity index (χ2n) is 7.66. The van der Waals surface area contributed by atoms with Gasteiger partial charge in [0.1, 0.15) is 5.82 Å². The minimum Gasteiger partial charge on any atom is -0.452 e. The quantitative estimate of drug-likeness (QED) is 0.336. The SMILES string of the molecule is O=C(OCC(=O)N(c1ccccc1)c1ccccc1)c1ccc2nc(-c3ccccc3)[nH]c2c1. The molecule has 1 amide bonds. The topological polar surface area (TPSA) is 75.3 Å². The molecule has 0 bridgehead atoms. The van der Waals surface area contributed by atoms with E-state index in [1.165, 1.54) is 4.90 Å². The van der Waals surface area contributed by atoms with E-state index in [1.54, 1.807) is 18.2 Å². The number of esters is 1. The Balaban J connectivity index is 1.33. The summed E-state index contributed by atoms with van der Waals surface area (Å²) >= 11 is 0. The lowest BCUT2D eigenvalue weighted by atomic mass is 10.2. The van der Waals surface area contributed by atoms with Gasteiger partial charge in [0, 0.05) is 16.9 Å². The van der Waals surface area contributed by atoms with Crippen LogP contribution in [0, 0.1) is 0 Å². The molecular weight excluding hydrogens is 426 g/mol. The number of benzene rings is 4. The molecule has 0 spiro atoms. The number of carbonyl (C=O) groups excluding carboxylic acids is 2. The number of amides is 1. The summed E-state index contributed by atoms with van der Waals surface area (Å²) in [5.74, 6) is -0.204. The van der Waals surface area contributed by atoms with Crippen LogP contribution in [-0.4, -0.2) is 28.5 Å². The van der Waals surface area contributed by atoms with Crippen molar-refractivity contribution >= 4 is 34.3 Å². The Labute approximate surface area is 196 Å². The third-order valence-electron chi connectivity index (χ3n) is 5.37. The summed E-state index contributed by atoms with van der Waals surface area (Å²) < 4.78 is 5.39. The maximum atomic E-state index is 13.1. The van der Waals surface area contributed by atoms with E-state index in [2.05, 4.69) is 9.97 Å². The van der Waals surface area contributed by atoms with Crippen LogP contribution in [0.3, 0.4) is 0 Å². The first-order valence-electron chi connectivity index (χ1n) is 10.8. The van der Waals surface area contributed by atoms with Crippen LogP contribution in [0.4, 0.5) is 11.4 Å². The van der Waals surface area contributed by atoms with Crippen LogP contribution in [0.2, 0.25) is 0 Å². The van der Waals surface area contributed by atoms with Crippen molar-refractivity contribution in [2.75, 3.05) is 11.5 Å². The Bertz CT molecular complexity index is 1390. The van der Waals surface area contributed by atoms with Gasteiger partial charge in [-0.25, -0.2) is 9.78 Å². The first-order chi connectivity index (χ1) is 16.7. The fourth-order valence-electron chi connectivity index (χ4n) is 3.74. The first kappa shape index (κ1) is 21.2. The molecular formula is C28H21N3O3. The molecule has 34 heavy (non-hydrogen) atoms. The monoisotopic (exact) mass is 447 g/mol. The number of nitrogens with one attached hydrogen (secondary N) is 1. The predicted molar refractivity (Wildman–Crippen MR) is 132 cm³/mol. The number of H-pyrrole nitrogens is 1. The number of aromatic nitrogens is 2. The predicted octanol–water partition coefficient (Wildman–Crippen LogP) is 5.75. The van der Waals surface area contributed by atoms with Crippen molar-refractivity contribution in [3.05, 3.63) is 115 Å². The average molecular weight is 447 g/mol. The highest BCUT2D eigenvalue weighted by atomic mass is 16.5.